The summed E-state index contributed by atoms with van der Waals surface area (Å²) >= 11 is 0. The summed E-state index contributed by atoms with van der Waals surface area (Å²) in [6.45, 7) is 0.271. The fourth-order valence-electron chi connectivity index (χ4n) is 1.79. The van der Waals surface area contributed by atoms with Crippen LogP contribution in [0.4, 0.5) is 0 Å². The van der Waals surface area contributed by atoms with Crippen LogP contribution in [0.1, 0.15) is 11.1 Å². The highest BCUT2D eigenvalue weighted by molar-refractivity contribution is 5.99. The van der Waals surface area contributed by atoms with Crippen molar-refractivity contribution < 1.29 is 14.3 Å². The van der Waals surface area contributed by atoms with E-state index in [1.807, 2.05) is 12.1 Å². The molecule has 3 nitrogen and oxygen atoms in total. The van der Waals surface area contributed by atoms with E-state index in [1.165, 1.54) is 0 Å². The molecule has 1 aliphatic carbocycles. The lowest BCUT2D eigenvalue weighted by Crippen LogP contribution is -2.05. The zero-order chi connectivity index (χ0) is 9.54. The zero-order valence-corrected chi connectivity index (χ0v) is 7.45. The van der Waals surface area contributed by atoms with Crippen molar-refractivity contribution >= 4 is 11.9 Å². The summed E-state index contributed by atoms with van der Waals surface area (Å²) in [5.74, 6) is 1.67. The van der Waals surface area contributed by atoms with Crippen LogP contribution >= 0.6 is 0 Å². The van der Waals surface area contributed by atoms with Gasteiger partial charge in [-0.15, -0.1) is 0 Å². The van der Waals surface area contributed by atoms with E-state index in [9.17, 15) is 4.79 Å². The van der Waals surface area contributed by atoms with Gasteiger partial charge in [-0.3, -0.25) is 4.79 Å². The molecule has 0 saturated heterocycles. The average Bonchev–Trinajstić information content (AvgIpc) is 2.65. The van der Waals surface area contributed by atoms with Crippen molar-refractivity contribution in [2.45, 2.75) is 6.42 Å². The lowest BCUT2D eigenvalue weighted by molar-refractivity contribution is -0.114. The summed E-state index contributed by atoms with van der Waals surface area (Å²) in [5.41, 5.74) is 2.00. The second-order valence-electron chi connectivity index (χ2n) is 3.35. The van der Waals surface area contributed by atoms with E-state index < -0.39 is 0 Å². The lowest BCUT2D eigenvalue weighted by Gasteiger charge is -2.11. The highest BCUT2D eigenvalue weighted by Crippen LogP contribution is 2.39. The number of rotatable bonds is 0. The molecule has 1 aliphatic heterocycles. The van der Waals surface area contributed by atoms with Gasteiger partial charge in [0.25, 0.3) is 0 Å². The minimum atomic E-state index is 0.136. The van der Waals surface area contributed by atoms with Gasteiger partial charge in [-0.1, -0.05) is 6.07 Å². The average molecular weight is 188 g/mol. The Morgan fingerprint density at radius 2 is 2.07 bits per heavy atom. The quantitative estimate of drug-likeness (QED) is 0.619. The van der Waals surface area contributed by atoms with Gasteiger partial charge >= 0.3 is 0 Å². The van der Waals surface area contributed by atoms with E-state index in [-0.39, 0.29) is 12.6 Å². The first-order valence-corrected chi connectivity index (χ1v) is 4.47. The minimum absolute atomic E-state index is 0.136. The molecule has 3 heteroatoms. The van der Waals surface area contributed by atoms with Gasteiger partial charge in [-0.05, 0) is 23.8 Å². The van der Waals surface area contributed by atoms with Gasteiger partial charge in [0.05, 0.1) is 0 Å². The summed E-state index contributed by atoms with van der Waals surface area (Å²) in [7, 11) is 0. The third-order valence-electron chi connectivity index (χ3n) is 2.47. The molecule has 0 radical (unpaired) electrons. The molecule has 0 saturated carbocycles. The molecule has 0 atom stereocenters. The van der Waals surface area contributed by atoms with Crippen molar-refractivity contribution in [2.75, 3.05) is 6.79 Å². The maximum atomic E-state index is 11.2. The number of hydrogen-bond donors (Lipinski definition) is 0. The van der Waals surface area contributed by atoms with Crippen molar-refractivity contribution in [3.63, 3.8) is 0 Å². The number of allylic oxidation sites excluding steroid dienone is 1. The van der Waals surface area contributed by atoms with Crippen LogP contribution in [0.15, 0.2) is 18.2 Å². The maximum absolute atomic E-state index is 11.2. The number of ketones is 1. The van der Waals surface area contributed by atoms with Gasteiger partial charge in [0.15, 0.2) is 17.3 Å². The van der Waals surface area contributed by atoms with E-state index in [2.05, 4.69) is 0 Å². The van der Waals surface area contributed by atoms with E-state index in [0.29, 0.717) is 6.42 Å². The molecule has 0 aromatic heterocycles. The second-order valence-corrected chi connectivity index (χ2v) is 3.35. The number of fused-ring (bicyclic) bond motifs is 3. The number of benzene rings is 1. The smallest absolute Gasteiger partial charge is 0.231 e. The molecule has 1 aromatic carbocycles. The molecule has 70 valence electrons. The Kier molecular flexibility index (Phi) is 1.42. The molecule has 14 heavy (non-hydrogen) atoms. The van der Waals surface area contributed by atoms with Crippen LogP contribution in [0.5, 0.6) is 11.5 Å². The molecule has 0 unspecified atom stereocenters. The number of hydrogen-bond acceptors (Lipinski definition) is 3. The van der Waals surface area contributed by atoms with Crippen LogP contribution in [-0.2, 0) is 11.2 Å². The van der Waals surface area contributed by atoms with Gasteiger partial charge in [-0.2, -0.15) is 0 Å². The summed E-state index contributed by atoms with van der Waals surface area (Å²) in [6.07, 6.45) is 3.85. The predicted octanol–water partition coefficient (Wildman–Crippen LogP) is 1.55. The summed E-state index contributed by atoms with van der Waals surface area (Å²) < 4.78 is 10.6. The highest BCUT2D eigenvalue weighted by atomic mass is 16.7. The molecule has 2 aliphatic rings. The van der Waals surface area contributed by atoms with Crippen molar-refractivity contribution in [1.82, 2.24) is 0 Å². The molecule has 0 N–H and O–H groups in total. The summed E-state index contributed by atoms with van der Waals surface area (Å²) in [4.78, 5) is 11.2. The molecular weight excluding hydrogens is 180 g/mol. The van der Waals surface area contributed by atoms with Crippen LogP contribution in [0, 0.1) is 0 Å². The Balaban J connectivity index is 2.22. The van der Waals surface area contributed by atoms with E-state index in [1.54, 1.807) is 12.2 Å². The van der Waals surface area contributed by atoms with Gasteiger partial charge in [0.1, 0.15) is 0 Å². The maximum Gasteiger partial charge on any atom is 0.231 e. The molecule has 0 spiro atoms. The van der Waals surface area contributed by atoms with Crippen LogP contribution in [0.3, 0.4) is 0 Å². The van der Waals surface area contributed by atoms with Crippen LogP contribution < -0.4 is 9.47 Å². The van der Waals surface area contributed by atoms with Gasteiger partial charge in [-0.25, -0.2) is 0 Å². The normalized spacial score (nSPS) is 17.0. The molecule has 3 rings (SSSR count). The summed E-state index contributed by atoms with van der Waals surface area (Å²) in [5, 5.41) is 0. The monoisotopic (exact) mass is 188 g/mol. The Morgan fingerprint density at radius 1 is 1.14 bits per heavy atom. The Bertz CT molecular complexity index is 446. The molecule has 1 aromatic rings. The first kappa shape index (κ1) is 7.62. The van der Waals surface area contributed by atoms with Crippen molar-refractivity contribution in [3.8, 4) is 11.5 Å². The fourth-order valence-corrected chi connectivity index (χ4v) is 1.79. The van der Waals surface area contributed by atoms with Gasteiger partial charge < -0.3 is 9.47 Å². The van der Waals surface area contributed by atoms with Crippen LogP contribution in [0.25, 0.3) is 6.08 Å². The highest BCUT2D eigenvalue weighted by Gasteiger charge is 2.21. The summed E-state index contributed by atoms with van der Waals surface area (Å²) in [6, 6.07) is 3.78. The van der Waals surface area contributed by atoms with Crippen molar-refractivity contribution in [2.24, 2.45) is 0 Å². The molecule has 0 amide bonds. The molecule has 0 bridgehead atoms. The fraction of sp³-hybridized carbons (Fsp3) is 0.182. The van der Waals surface area contributed by atoms with Crippen LogP contribution in [-0.4, -0.2) is 12.6 Å². The van der Waals surface area contributed by atoms with Crippen molar-refractivity contribution in [1.29, 1.82) is 0 Å². The lowest BCUT2D eigenvalue weighted by atomic mass is 9.95. The topological polar surface area (TPSA) is 35.5 Å². The second kappa shape index (κ2) is 2.61. The Labute approximate surface area is 80.9 Å². The molecule has 1 heterocycles. The Morgan fingerprint density at radius 3 is 3.00 bits per heavy atom. The van der Waals surface area contributed by atoms with Gasteiger partial charge in [0.2, 0.25) is 6.79 Å². The van der Waals surface area contributed by atoms with Crippen molar-refractivity contribution in [3.05, 3.63) is 29.3 Å². The van der Waals surface area contributed by atoms with E-state index in [4.69, 9.17) is 9.47 Å². The first-order chi connectivity index (χ1) is 6.84. The third-order valence-corrected chi connectivity index (χ3v) is 2.47. The minimum Gasteiger partial charge on any atom is -0.454 e. The standard InChI is InChI=1S/C11H8O3/c12-8-2-3-9-7(5-8)1-4-10-11(9)14-6-13-10/h1-4H,5-6H2. The predicted molar refractivity (Wildman–Crippen MR) is 50.3 cm³/mol. The number of carbonyl (C=O) groups excluding carboxylic acids is 1. The number of ether oxygens (including phenoxy) is 2. The third kappa shape index (κ3) is 0.954. The van der Waals surface area contributed by atoms with E-state index in [0.717, 1.165) is 22.6 Å². The largest absolute Gasteiger partial charge is 0.454 e. The molecule has 0 fully saturated rings. The number of carbonyl (C=O) groups is 1. The van der Waals surface area contributed by atoms with Gasteiger partial charge in [0, 0.05) is 12.0 Å². The van der Waals surface area contributed by atoms with E-state index >= 15 is 0 Å². The zero-order valence-electron chi connectivity index (χ0n) is 7.45. The SMILES string of the molecule is O=C1C=Cc2c(ccc3c2OCO3)C1. The molecular formula is C11H8O3. The first-order valence-electron chi connectivity index (χ1n) is 4.47. The van der Waals surface area contributed by atoms with Crippen LogP contribution in [0.2, 0.25) is 0 Å². The Hall–Kier alpha value is -1.77.